The van der Waals surface area contributed by atoms with Crippen LogP contribution in [0.5, 0.6) is 5.75 Å². The van der Waals surface area contributed by atoms with Crippen molar-refractivity contribution in [3.63, 3.8) is 0 Å². The van der Waals surface area contributed by atoms with E-state index in [1.165, 1.54) is 54.0 Å². The molecule has 0 unspecified atom stereocenters. The number of hydroxylamine groups is 1. The molecule has 2 N–H and O–H groups in total. The number of benzene rings is 2. The van der Waals surface area contributed by atoms with Gasteiger partial charge in [0.2, 0.25) is 10.0 Å². The van der Waals surface area contributed by atoms with Crippen molar-refractivity contribution < 1.29 is 32.3 Å². The lowest BCUT2D eigenvalue weighted by Crippen LogP contribution is -2.61. The fourth-order valence-corrected chi connectivity index (χ4v) is 5.19. The van der Waals surface area contributed by atoms with E-state index in [1.807, 2.05) is 0 Å². The summed E-state index contributed by atoms with van der Waals surface area (Å²) in [5.74, 6) is -1.00. The van der Waals surface area contributed by atoms with Gasteiger partial charge in [-0.15, -0.1) is 13.2 Å². The van der Waals surface area contributed by atoms with Crippen molar-refractivity contribution >= 4 is 22.0 Å². The second-order valence-corrected chi connectivity index (χ2v) is 9.30. The number of ether oxygens (including phenoxy) is 2. The van der Waals surface area contributed by atoms with Crippen molar-refractivity contribution in [1.82, 2.24) is 9.79 Å². The Morgan fingerprint density at radius 3 is 2.50 bits per heavy atom. The van der Waals surface area contributed by atoms with Crippen molar-refractivity contribution in [1.29, 1.82) is 0 Å². The number of amides is 1. The van der Waals surface area contributed by atoms with Crippen LogP contribution in [-0.4, -0.2) is 48.6 Å². The lowest BCUT2D eigenvalue weighted by atomic mass is 10.1. The van der Waals surface area contributed by atoms with Crippen molar-refractivity contribution in [2.75, 3.05) is 6.54 Å². The summed E-state index contributed by atoms with van der Waals surface area (Å²) >= 11 is 0. The third kappa shape index (κ3) is 5.26. The molecule has 1 amide bonds. The number of rotatable bonds is 9. The number of carbonyl (C=O) groups excluding carboxylic acids is 1. The van der Waals surface area contributed by atoms with Gasteiger partial charge in [0.05, 0.1) is 11.0 Å². The predicted octanol–water partition coefficient (Wildman–Crippen LogP) is 3.05. The topological polar surface area (TPSA) is 105 Å². The van der Waals surface area contributed by atoms with Crippen molar-refractivity contribution in [2.45, 2.75) is 29.8 Å². The summed E-state index contributed by atoms with van der Waals surface area (Å²) in [6.45, 7) is 10.8. The van der Waals surface area contributed by atoms with Gasteiger partial charge < -0.3 is 9.47 Å². The molecule has 1 saturated heterocycles. The van der Waals surface area contributed by atoms with Crippen LogP contribution in [0.15, 0.2) is 79.2 Å². The fourth-order valence-electron chi connectivity index (χ4n) is 3.59. The number of nitrogens with one attached hydrogen (secondary N) is 1. The smallest absolute Gasteiger partial charge is 0.264 e. The average Bonchev–Trinajstić information content (AvgIpc) is 2.86. The SMILES string of the molecule is C=Cc1ccc(F)cc1COc1ccc(S(=O)(=O)N2C[C@H](C=C)O[C@@H](C=C)[C@@H]2C(=O)NO)cc1. The molecular formula is C24H25FN2O6S. The van der Waals surface area contributed by atoms with Gasteiger partial charge in [0.15, 0.2) is 0 Å². The molecule has 10 heteroatoms. The molecule has 180 valence electrons. The third-order valence-corrected chi connectivity index (χ3v) is 7.20. The van der Waals surface area contributed by atoms with Gasteiger partial charge in [-0.2, -0.15) is 4.31 Å². The summed E-state index contributed by atoms with van der Waals surface area (Å²) in [6, 6.07) is 8.46. The number of sulfonamides is 1. The highest BCUT2D eigenvalue weighted by molar-refractivity contribution is 7.89. The Labute approximate surface area is 197 Å². The number of nitrogens with zero attached hydrogens (tertiary/aromatic N) is 1. The molecule has 2 aromatic carbocycles. The van der Waals surface area contributed by atoms with E-state index in [-0.39, 0.29) is 18.0 Å². The second kappa shape index (κ2) is 10.7. The number of carbonyl (C=O) groups is 1. The molecule has 1 heterocycles. The molecule has 0 bridgehead atoms. The standard InChI is InChI=1S/C24H25FN2O6S/c1-4-16-7-8-18(25)13-17(16)15-32-20-9-11-21(12-10-20)34(30,31)27-14-19(5-2)33-22(6-3)23(27)24(28)26-29/h4-13,19,22-23,29H,1-3,14-15H2,(H,26,28)/t19-,22-,23+/m0/s1. The summed E-state index contributed by atoms with van der Waals surface area (Å²) in [5.41, 5.74) is 2.79. The monoisotopic (exact) mass is 488 g/mol. The van der Waals surface area contributed by atoms with E-state index in [0.29, 0.717) is 11.3 Å². The van der Waals surface area contributed by atoms with Crippen molar-refractivity contribution in [2.24, 2.45) is 0 Å². The van der Waals surface area contributed by atoms with Gasteiger partial charge >= 0.3 is 0 Å². The van der Waals surface area contributed by atoms with Crippen LogP contribution in [0.2, 0.25) is 0 Å². The summed E-state index contributed by atoms with van der Waals surface area (Å²) in [4.78, 5) is 12.2. The highest BCUT2D eigenvalue weighted by Crippen LogP contribution is 2.28. The lowest BCUT2D eigenvalue weighted by molar-refractivity contribution is -0.143. The maximum atomic E-state index is 13.6. The van der Waals surface area contributed by atoms with Gasteiger partial charge in [-0.05, 0) is 47.5 Å². The maximum absolute atomic E-state index is 13.6. The van der Waals surface area contributed by atoms with E-state index in [2.05, 4.69) is 19.7 Å². The normalized spacial score (nSPS) is 20.8. The molecule has 0 saturated carbocycles. The highest BCUT2D eigenvalue weighted by atomic mass is 32.2. The number of hydrogen-bond acceptors (Lipinski definition) is 6. The predicted molar refractivity (Wildman–Crippen MR) is 124 cm³/mol. The van der Waals surface area contributed by atoms with Gasteiger partial charge in [-0.1, -0.05) is 30.9 Å². The van der Waals surface area contributed by atoms with Crippen LogP contribution in [0.3, 0.4) is 0 Å². The first-order valence-corrected chi connectivity index (χ1v) is 11.7. The zero-order valence-corrected chi connectivity index (χ0v) is 19.1. The van der Waals surface area contributed by atoms with E-state index in [4.69, 9.17) is 14.7 Å². The minimum absolute atomic E-state index is 0.0510. The van der Waals surface area contributed by atoms with Crippen LogP contribution in [0, 0.1) is 5.82 Å². The van der Waals surface area contributed by atoms with Crippen LogP contribution in [-0.2, 0) is 26.2 Å². The Hall–Kier alpha value is -3.31. The zero-order chi connectivity index (χ0) is 24.9. The molecule has 1 aliphatic heterocycles. The quantitative estimate of drug-likeness (QED) is 0.319. The van der Waals surface area contributed by atoms with Crippen LogP contribution < -0.4 is 10.2 Å². The van der Waals surface area contributed by atoms with Crippen molar-refractivity contribution in [3.05, 3.63) is 91.3 Å². The molecule has 0 spiro atoms. The first-order valence-electron chi connectivity index (χ1n) is 10.2. The van der Waals surface area contributed by atoms with Crippen molar-refractivity contribution in [3.8, 4) is 5.75 Å². The largest absolute Gasteiger partial charge is 0.489 e. The Balaban J connectivity index is 1.84. The number of hydrogen-bond donors (Lipinski definition) is 2. The molecule has 0 aromatic heterocycles. The Morgan fingerprint density at radius 1 is 1.21 bits per heavy atom. The number of morpholine rings is 1. The molecule has 34 heavy (non-hydrogen) atoms. The molecule has 0 aliphatic carbocycles. The second-order valence-electron chi connectivity index (χ2n) is 7.41. The van der Waals surface area contributed by atoms with Crippen LogP contribution in [0.1, 0.15) is 11.1 Å². The Kier molecular flexibility index (Phi) is 8.00. The zero-order valence-electron chi connectivity index (χ0n) is 18.3. The van der Waals surface area contributed by atoms with Crippen LogP contribution in [0.25, 0.3) is 6.08 Å². The van der Waals surface area contributed by atoms with E-state index in [0.717, 1.165) is 9.87 Å². The van der Waals surface area contributed by atoms with Gasteiger partial charge in [0.1, 0.15) is 30.3 Å². The van der Waals surface area contributed by atoms with Crippen LogP contribution in [0.4, 0.5) is 4.39 Å². The summed E-state index contributed by atoms with van der Waals surface area (Å²) in [6.07, 6.45) is 2.61. The first kappa shape index (κ1) is 25.3. The minimum atomic E-state index is -4.19. The molecule has 2 aromatic rings. The Bertz CT molecular complexity index is 1180. The van der Waals surface area contributed by atoms with Gasteiger partial charge in [-0.3, -0.25) is 10.0 Å². The molecule has 3 atom stereocenters. The molecule has 1 aliphatic rings. The number of halogens is 1. The summed E-state index contributed by atoms with van der Waals surface area (Å²) < 4.78 is 52.6. The summed E-state index contributed by atoms with van der Waals surface area (Å²) in [7, 11) is -4.19. The van der Waals surface area contributed by atoms with Crippen LogP contribution >= 0.6 is 0 Å². The van der Waals surface area contributed by atoms with E-state index in [9.17, 15) is 17.6 Å². The van der Waals surface area contributed by atoms with E-state index >= 15 is 0 Å². The molecule has 1 fully saturated rings. The maximum Gasteiger partial charge on any atom is 0.264 e. The van der Waals surface area contributed by atoms with Gasteiger partial charge in [-0.25, -0.2) is 18.3 Å². The molecule has 8 nitrogen and oxygen atoms in total. The third-order valence-electron chi connectivity index (χ3n) is 5.34. The fraction of sp³-hybridized carbons (Fsp3) is 0.208. The van der Waals surface area contributed by atoms with Gasteiger partial charge in [0, 0.05) is 6.54 Å². The average molecular weight is 489 g/mol. The van der Waals surface area contributed by atoms with Gasteiger partial charge in [0.25, 0.3) is 5.91 Å². The Morgan fingerprint density at radius 2 is 1.91 bits per heavy atom. The highest BCUT2D eigenvalue weighted by Gasteiger charge is 2.45. The van der Waals surface area contributed by atoms with E-state index < -0.39 is 40.0 Å². The lowest BCUT2D eigenvalue weighted by Gasteiger charge is -2.40. The molecular weight excluding hydrogens is 463 g/mol. The molecule has 3 rings (SSSR count). The molecule has 0 radical (unpaired) electrons. The van der Waals surface area contributed by atoms with E-state index in [1.54, 1.807) is 12.1 Å². The summed E-state index contributed by atoms with van der Waals surface area (Å²) in [5, 5.41) is 9.14. The minimum Gasteiger partial charge on any atom is -0.489 e. The first-order chi connectivity index (χ1) is 16.2.